The van der Waals surface area contributed by atoms with Crippen molar-refractivity contribution in [2.45, 2.75) is 30.5 Å². The Hall–Kier alpha value is -2.68. The minimum Gasteiger partial charge on any atom is -0.463 e. The van der Waals surface area contributed by atoms with Gasteiger partial charge in [-0.05, 0) is 36.9 Å². The number of anilines is 1. The first-order valence-corrected chi connectivity index (χ1v) is 12.6. The molecule has 0 aliphatic heterocycles. The number of thiol groups is 1. The molecule has 0 radical (unpaired) electrons. The third-order valence-corrected chi connectivity index (χ3v) is 6.33. The number of amides is 1. The second kappa shape index (κ2) is 12.5. The molecule has 0 aliphatic rings. The summed E-state index contributed by atoms with van der Waals surface area (Å²) < 4.78 is 6.03. The zero-order valence-electron chi connectivity index (χ0n) is 18.8. The van der Waals surface area contributed by atoms with Gasteiger partial charge in [0.15, 0.2) is 6.10 Å². The fourth-order valence-corrected chi connectivity index (χ4v) is 3.88. The first kappa shape index (κ1) is 25.0. The number of nitrogens with one attached hydrogen (secondary N) is 2. The van der Waals surface area contributed by atoms with Crippen molar-refractivity contribution in [1.82, 2.24) is 10.3 Å². The molecule has 174 valence electrons. The molecule has 33 heavy (non-hydrogen) atoms. The molecule has 0 fully saturated rings. The number of carbonyl (C=O) groups excluding carboxylic acids is 1. The smallest absolute Gasteiger partial charge is 0.261 e. The Labute approximate surface area is 205 Å². The summed E-state index contributed by atoms with van der Waals surface area (Å²) in [4.78, 5) is 18.6. The van der Waals surface area contributed by atoms with Crippen LogP contribution in [0.3, 0.4) is 0 Å². The Kier molecular flexibility index (Phi) is 9.47. The number of nitrogens with zero attached hydrogens (tertiary/aromatic N) is 1. The van der Waals surface area contributed by atoms with Crippen molar-refractivity contribution in [3.05, 3.63) is 72.3 Å². The van der Waals surface area contributed by atoms with Gasteiger partial charge in [-0.25, -0.2) is 4.98 Å². The molecule has 1 amide bonds. The van der Waals surface area contributed by atoms with Crippen LogP contribution in [0.5, 0.6) is 5.88 Å². The summed E-state index contributed by atoms with van der Waals surface area (Å²) in [5.74, 6) is 0.695. The topological polar surface area (TPSA) is 89.3 Å². The molecule has 0 saturated heterocycles. The number of carbonyl (C=O) groups is 1. The molecular weight excluding hydrogens is 452 g/mol. The van der Waals surface area contributed by atoms with Gasteiger partial charge in [-0.15, -0.1) is 11.8 Å². The molecule has 6 nitrogen and oxygen atoms in total. The summed E-state index contributed by atoms with van der Waals surface area (Å²) in [5.41, 5.74) is 9.47. The Morgan fingerprint density at radius 3 is 2.58 bits per heavy atom. The molecule has 0 saturated carbocycles. The van der Waals surface area contributed by atoms with Crippen LogP contribution in [0.15, 0.2) is 71.6 Å². The van der Waals surface area contributed by atoms with Gasteiger partial charge in [0, 0.05) is 35.3 Å². The molecule has 3 rings (SSSR count). The van der Waals surface area contributed by atoms with Gasteiger partial charge in [0.2, 0.25) is 5.88 Å². The molecule has 3 aromatic rings. The molecule has 0 spiro atoms. The van der Waals surface area contributed by atoms with Crippen LogP contribution in [-0.4, -0.2) is 41.6 Å². The molecule has 2 atom stereocenters. The maximum absolute atomic E-state index is 12.8. The number of benzene rings is 2. The Morgan fingerprint density at radius 1 is 1.12 bits per heavy atom. The first-order valence-electron chi connectivity index (χ1n) is 10.7. The van der Waals surface area contributed by atoms with E-state index < -0.39 is 6.10 Å². The number of hydrogen-bond acceptors (Lipinski definition) is 7. The molecule has 1 aromatic heterocycles. The van der Waals surface area contributed by atoms with Crippen LogP contribution in [-0.2, 0) is 11.3 Å². The minimum absolute atomic E-state index is 0.118. The number of pyridine rings is 1. The highest BCUT2D eigenvalue weighted by Gasteiger charge is 2.19. The van der Waals surface area contributed by atoms with Gasteiger partial charge >= 0.3 is 0 Å². The lowest BCUT2D eigenvalue weighted by Gasteiger charge is -2.19. The maximum atomic E-state index is 12.8. The molecule has 1 unspecified atom stereocenters. The SMILES string of the molecule is CSc1ccccc1CNC(=O)[C@@H](C)Oc1nc(-c2ccccc2)ccc1NCC(N)CS. The van der Waals surface area contributed by atoms with E-state index in [9.17, 15) is 4.79 Å². The average Bonchev–Trinajstić information content (AvgIpc) is 2.86. The van der Waals surface area contributed by atoms with Crippen molar-refractivity contribution < 1.29 is 9.53 Å². The third kappa shape index (κ3) is 7.15. The van der Waals surface area contributed by atoms with E-state index in [4.69, 9.17) is 10.5 Å². The lowest BCUT2D eigenvalue weighted by Crippen LogP contribution is -2.36. The highest BCUT2D eigenvalue weighted by Crippen LogP contribution is 2.28. The monoisotopic (exact) mass is 482 g/mol. The minimum atomic E-state index is -0.732. The molecule has 2 aromatic carbocycles. The Bertz CT molecular complexity index is 1050. The Balaban J connectivity index is 1.74. The van der Waals surface area contributed by atoms with E-state index in [0.717, 1.165) is 21.7 Å². The second-order valence-electron chi connectivity index (χ2n) is 7.53. The van der Waals surface area contributed by atoms with Crippen molar-refractivity contribution in [1.29, 1.82) is 0 Å². The van der Waals surface area contributed by atoms with Crippen molar-refractivity contribution in [3.63, 3.8) is 0 Å². The fourth-order valence-electron chi connectivity index (χ4n) is 3.14. The highest BCUT2D eigenvalue weighted by atomic mass is 32.2. The molecule has 4 N–H and O–H groups in total. The van der Waals surface area contributed by atoms with Crippen LogP contribution in [0.4, 0.5) is 5.69 Å². The van der Waals surface area contributed by atoms with Gasteiger partial charge in [-0.2, -0.15) is 12.6 Å². The zero-order chi connectivity index (χ0) is 23.6. The standard InChI is InChI=1S/C25H30N4O2S2/c1-17(24(30)28-14-19-10-6-7-11-23(19)33-2)31-25-22(27-15-20(26)16-32)13-12-21(29-25)18-8-4-3-5-9-18/h3-13,17,20,27,32H,14-16,26H2,1-2H3,(H,28,30)/t17-,20?/m1/s1. The zero-order valence-corrected chi connectivity index (χ0v) is 20.5. The van der Waals surface area contributed by atoms with E-state index in [1.54, 1.807) is 18.7 Å². The van der Waals surface area contributed by atoms with Gasteiger partial charge in [-0.3, -0.25) is 4.79 Å². The van der Waals surface area contributed by atoms with Crippen molar-refractivity contribution >= 4 is 36.0 Å². The summed E-state index contributed by atoms with van der Waals surface area (Å²) in [6, 6.07) is 21.5. The largest absolute Gasteiger partial charge is 0.463 e. The Morgan fingerprint density at radius 2 is 1.85 bits per heavy atom. The lowest BCUT2D eigenvalue weighted by atomic mass is 10.1. The van der Waals surface area contributed by atoms with Crippen LogP contribution in [0, 0.1) is 0 Å². The number of nitrogens with two attached hydrogens (primary N) is 1. The van der Waals surface area contributed by atoms with E-state index in [1.807, 2.05) is 73.0 Å². The van der Waals surface area contributed by atoms with Crippen LogP contribution < -0.4 is 21.1 Å². The van der Waals surface area contributed by atoms with Crippen LogP contribution in [0.2, 0.25) is 0 Å². The fraction of sp³-hybridized carbons (Fsp3) is 0.280. The number of rotatable bonds is 11. The lowest BCUT2D eigenvalue weighted by molar-refractivity contribution is -0.127. The summed E-state index contributed by atoms with van der Waals surface area (Å²) in [6.45, 7) is 2.66. The highest BCUT2D eigenvalue weighted by molar-refractivity contribution is 7.98. The van der Waals surface area contributed by atoms with E-state index in [-0.39, 0.29) is 11.9 Å². The number of hydrogen-bond donors (Lipinski definition) is 4. The summed E-state index contributed by atoms with van der Waals surface area (Å²) in [7, 11) is 0. The molecule has 0 aliphatic carbocycles. The number of thioether (sulfide) groups is 1. The predicted molar refractivity (Wildman–Crippen MR) is 140 cm³/mol. The maximum Gasteiger partial charge on any atom is 0.261 e. The molecule has 0 bridgehead atoms. The normalized spacial score (nSPS) is 12.6. The van der Waals surface area contributed by atoms with Crippen molar-refractivity contribution in [3.8, 4) is 17.1 Å². The summed E-state index contributed by atoms with van der Waals surface area (Å²) in [5, 5.41) is 6.23. The molecule has 8 heteroatoms. The quantitative estimate of drug-likeness (QED) is 0.242. The summed E-state index contributed by atoms with van der Waals surface area (Å²) >= 11 is 5.89. The predicted octanol–water partition coefficient (Wildman–Crippen LogP) is 4.22. The number of aromatic nitrogens is 1. The van der Waals surface area contributed by atoms with Crippen LogP contribution in [0.1, 0.15) is 12.5 Å². The van der Waals surface area contributed by atoms with E-state index in [0.29, 0.717) is 30.4 Å². The van der Waals surface area contributed by atoms with Crippen molar-refractivity contribution in [2.75, 3.05) is 23.9 Å². The average molecular weight is 483 g/mol. The second-order valence-corrected chi connectivity index (χ2v) is 8.74. The molecule has 1 heterocycles. The summed E-state index contributed by atoms with van der Waals surface area (Å²) in [6.07, 6.45) is 1.29. The van der Waals surface area contributed by atoms with Gasteiger partial charge in [-0.1, -0.05) is 48.5 Å². The van der Waals surface area contributed by atoms with Gasteiger partial charge in [0.1, 0.15) is 0 Å². The van der Waals surface area contributed by atoms with Crippen LogP contribution >= 0.6 is 24.4 Å². The van der Waals surface area contributed by atoms with Crippen molar-refractivity contribution in [2.24, 2.45) is 5.73 Å². The van der Waals surface area contributed by atoms with Gasteiger partial charge in [0.25, 0.3) is 5.91 Å². The van der Waals surface area contributed by atoms with E-state index in [1.165, 1.54) is 0 Å². The van der Waals surface area contributed by atoms with Gasteiger partial charge in [0.05, 0.1) is 11.4 Å². The first-order chi connectivity index (χ1) is 16.0. The van der Waals surface area contributed by atoms with E-state index in [2.05, 4.69) is 28.2 Å². The van der Waals surface area contributed by atoms with Gasteiger partial charge < -0.3 is 21.1 Å². The molecular formula is C25H30N4O2S2. The third-order valence-electron chi connectivity index (χ3n) is 5.02. The van der Waals surface area contributed by atoms with Crippen LogP contribution in [0.25, 0.3) is 11.3 Å². The van der Waals surface area contributed by atoms with E-state index >= 15 is 0 Å². The number of ether oxygens (including phenoxy) is 1.